The molecule has 3 rings (SSSR count). The van der Waals surface area contributed by atoms with Gasteiger partial charge in [-0.15, -0.1) is 0 Å². The third-order valence-electron chi connectivity index (χ3n) is 3.53. The molecule has 2 aromatic rings. The van der Waals surface area contributed by atoms with Gasteiger partial charge in [-0.3, -0.25) is 14.5 Å². The molecule has 112 valence electrons. The number of hydrogen-bond donors (Lipinski definition) is 2. The minimum Gasteiger partial charge on any atom is -0.374 e. The molecular weight excluding hydrogens is 278 g/mol. The van der Waals surface area contributed by atoms with E-state index in [1.165, 1.54) is 4.90 Å². The smallest absolute Gasteiger partial charge is 0.246 e. The zero-order valence-corrected chi connectivity index (χ0v) is 12.3. The van der Waals surface area contributed by atoms with Gasteiger partial charge >= 0.3 is 0 Å². The normalized spacial score (nSPS) is 13.3. The molecule has 5 heteroatoms. The predicted molar refractivity (Wildman–Crippen MR) is 87.1 cm³/mol. The highest BCUT2D eigenvalue weighted by Gasteiger charge is 2.25. The van der Waals surface area contributed by atoms with Crippen molar-refractivity contribution in [3.8, 4) is 0 Å². The number of anilines is 3. The number of nitrogens with one attached hydrogen (secondary N) is 2. The van der Waals surface area contributed by atoms with Gasteiger partial charge < -0.3 is 10.6 Å². The van der Waals surface area contributed by atoms with Gasteiger partial charge in [0.1, 0.15) is 6.54 Å². The molecule has 1 aliphatic rings. The van der Waals surface area contributed by atoms with Gasteiger partial charge in [0.15, 0.2) is 0 Å². The third kappa shape index (κ3) is 2.93. The van der Waals surface area contributed by atoms with E-state index in [4.69, 9.17) is 0 Å². The van der Waals surface area contributed by atoms with Crippen LogP contribution in [0.1, 0.15) is 5.56 Å². The second-order valence-electron chi connectivity index (χ2n) is 5.27. The summed E-state index contributed by atoms with van der Waals surface area (Å²) in [4.78, 5) is 25.8. The maximum absolute atomic E-state index is 12.2. The lowest BCUT2D eigenvalue weighted by Gasteiger charge is -2.29. The first-order valence-electron chi connectivity index (χ1n) is 7.13. The van der Waals surface area contributed by atoms with Crippen molar-refractivity contribution in [3.63, 3.8) is 0 Å². The molecule has 5 nitrogen and oxygen atoms in total. The van der Waals surface area contributed by atoms with Crippen molar-refractivity contribution in [2.45, 2.75) is 6.92 Å². The summed E-state index contributed by atoms with van der Waals surface area (Å²) in [6, 6.07) is 15.1. The minimum atomic E-state index is -0.212. The Hall–Kier alpha value is -2.82. The van der Waals surface area contributed by atoms with E-state index in [-0.39, 0.29) is 24.9 Å². The predicted octanol–water partition coefficient (Wildman–Crippen LogP) is 2.39. The molecule has 1 heterocycles. The van der Waals surface area contributed by atoms with Crippen LogP contribution in [0.3, 0.4) is 0 Å². The minimum absolute atomic E-state index is 0.00543. The molecule has 0 bridgehead atoms. The number of fused-ring (bicyclic) bond motifs is 1. The highest BCUT2D eigenvalue weighted by Crippen LogP contribution is 2.28. The lowest BCUT2D eigenvalue weighted by molar-refractivity contribution is -0.120. The van der Waals surface area contributed by atoms with Crippen LogP contribution in [-0.2, 0) is 9.59 Å². The van der Waals surface area contributed by atoms with Crippen molar-refractivity contribution in [2.24, 2.45) is 0 Å². The first kappa shape index (κ1) is 14.1. The van der Waals surface area contributed by atoms with E-state index in [1.54, 1.807) is 0 Å². The second-order valence-corrected chi connectivity index (χ2v) is 5.27. The fourth-order valence-electron chi connectivity index (χ4n) is 2.50. The maximum atomic E-state index is 12.2. The van der Waals surface area contributed by atoms with Gasteiger partial charge in [0.25, 0.3) is 0 Å². The summed E-state index contributed by atoms with van der Waals surface area (Å²) in [5.74, 6) is -0.325. The highest BCUT2D eigenvalue weighted by molar-refractivity contribution is 6.07. The van der Waals surface area contributed by atoms with E-state index in [2.05, 4.69) is 10.6 Å². The van der Waals surface area contributed by atoms with Gasteiger partial charge in [0.2, 0.25) is 11.8 Å². The number of carbonyl (C=O) groups is 2. The molecular formula is C17H17N3O2. The fraction of sp³-hybridized carbons (Fsp3) is 0.176. The summed E-state index contributed by atoms with van der Waals surface area (Å²) in [6.45, 7) is 2.17. The van der Waals surface area contributed by atoms with Crippen molar-refractivity contribution < 1.29 is 9.59 Å². The van der Waals surface area contributed by atoms with Crippen molar-refractivity contribution >= 4 is 28.9 Å². The van der Waals surface area contributed by atoms with E-state index < -0.39 is 0 Å². The molecule has 0 fully saturated rings. The monoisotopic (exact) mass is 295 g/mol. The van der Waals surface area contributed by atoms with Crippen molar-refractivity contribution in [2.75, 3.05) is 28.6 Å². The summed E-state index contributed by atoms with van der Waals surface area (Å²) in [5.41, 5.74) is 3.41. The summed E-state index contributed by atoms with van der Waals surface area (Å²) in [6.07, 6.45) is 0. The van der Waals surface area contributed by atoms with Crippen LogP contribution in [-0.4, -0.2) is 24.9 Å². The molecule has 0 atom stereocenters. The molecule has 2 aromatic carbocycles. The zero-order valence-electron chi connectivity index (χ0n) is 12.3. The molecule has 1 aliphatic heterocycles. The largest absolute Gasteiger partial charge is 0.374 e. The Morgan fingerprint density at radius 2 is 2.05 bits per heavy atom. The third-order valence-corrected chi connectivity index (χ3v) is 3.53. The molecule has 0 spiro atoms. The van der Waals surface area contributed by atoms with E-state index in [0.29, 0.717) is 0 Å². The van der Waals surface area contributed by atoms with Crippen LogP contribution in [0.5, 0.6) is 0 Å². The van der Waals surface area contributed by atoms with Gasteiger partial charge in [-0.1, -0.05) is 24.3 Å². The molecule has 2 N–H and O–H groups in total. The van der Waals surface area contributed by atoms with Crippen LogP contribution in [0, 0.1) is 6.92 Å². The Labute approximate surface area is 128 Å². The first-order chi connectivity index (χ1) is 10.6. The van der Waals surface area contributed by atoms with Crippen LogP contribution in [0.25, 0.3) is 0 Å². The van der Waals surface area contributed by atoms with E-state index >= 15 is 0 Å². The Balaban J connectivity index is 1.75. The molecule has 2 amide bonds. The topological polar surface area (TPSA) is 61.4 Å². The standard InChI is InChI=1S/C17H17N3O2/c1-12-5-4-6-13(9-12)19-16(21)11-20-15-8-3-2-7-14(15)18-10-17(20)22/h2-9,18H,10-11H2,1H3,(H,19,21). The first-order valence-corrected chi connectivity index (χ1v) is 7.13. The van der Waals surface area contributed by atoms with Crippen LogP contribution in [0.4, 0.5) is 17.1 Å². The Morgan fingerprint density at radius 3 is 2.86 bits per heavy atom. The number of carbonyl (C=O) groups excluding carboxylic acids is 2. The van der Waals surface area contributed by atoms with Gasteiger partial charge in [0.05, 0.1) is 17.9 Å². The molecule has 22 heavy (non-hydrogen) atoms. The summed E-state index contributed by atoms with van der Waals surface area (Å²) >= 11 is 0. The lowest BCUT2D eigenvalue weighted by atomic mass is 10.2. The van der Waals surface area contributed by atoms with Crippen molar-refractivity contribution in [1.29, 1.82) is 0 Å². The lowest BCUT2D eigenvalue weighted by Crippen LogP contribution is -2.44. The van der Waals surface area contributed by atoms with Gasteiger partial charge in [0, 0.05) is 5.69 Å². The average Bonchev–Trinajstić information content (AvgIpc) is 2.50. The van der Waals surface area contributed by atoms with Gasteiger partial charge in [-0.05, 0) is 36.8 Å². The second kappa shape index (κ2) is 5.89. The molecule has 0 aliphatic carbocycles. The summed E-state index contributed by atoms with van der Waals surface area (Å²) < 4.78 is 0. The number of hydrogen-bond acceptors (Lipinski definition) is 3. The highest BCUT2D eigenvalue weighted by atomic mass is 16.2. The van der Waals surface area contributed by atoms with Crippen molar-refractivity contribution in [3.05, 3.63) is 54.1 Å². The van der Waals surface area contributed by atoms with E-state index in [0.717, 1.165) is 22.6 Å². The van der Waals surface area contributed by atoms with Crippen molar-refractivity contribution in [1.82, 2.24) is 0 Å². The number of benzene rings is 2. The average molecular weight is 295 g/mol. The molecule has 0 unspecified atom stereocenters. The van der Waals surface area contributed by atoms with Crippen LogP contribution < -0.4 is 15.5 Å². The summed E-state index contributed by atoms with van der Waals surface area (Å²) in [7, 11) is 0. The van der Waals surface area contributed by atoms with E-state index in [9.17, 15) is 9.59 Å². The molecule has 0 saturated carbocycles. The zero-order chi connectivity index (χ0) is 15.5. The van der Waals surface area contributed by atoms with Gasteiger partial charge in [-0.2, -0.15) is 0 Å². The molecule has 0 aromatic heterocycles. The van der Waals surface area contributed by atoms with Gasteiger partial charge in [-0.25, -0.2) is 0 Å². The van der Waals surface area contributed by atoms with Crippen LogP contribution >= 0.6 is 0 Å². The van der Waals surface area contributed by atoms with Crippen LogP contribution in [0.15, 0.2) is 48.5 Å². The van der Waals surface area contributed by atoms with E-state index in [1.807, 2.05) is 55.5 Å². The Bertz CT molecular complexity index is 727. The molecule has 0 saturated heterocycles. The fourth-order valence-corrected chi connectivity index (χ4v) is 2.50. The number of aryl methyl sites for hydroxylation is 1. The number of amides is 2. The Kier molecular flexibility index (Phi) is 3.78. The Morgan fingerprint density at radius 1 is 1.23 bits per heavy atom. The SMILES string of the molecule is Cc1cccc(NC(=O)CN2C(=O)CNc3ccccc32)c1. The molecule has 0 radical (unpaired) electrons. The number of nitrogens with zero attached hydrogens (tertiary/aromatic N) is 1. The summed E-state index contributed by atoms with van der Waals surface area (Å²) in [5, 5.41) is 5.88. The number of rotatable bonds is 3. The quantitative estimate of drug-likeness (QED) is 0.914. The van der Waals surface area contributed by atoms with Crippen LogP contribution in [0.2, 0.25) is 0 Å². The maximum Gasteiger partial charge on any atom is 0.246 e. The number of para-hydroxylation sites is 2.